The molecule has 0 radical (unpaired) electrons. The molecule has 0 aliphatic heterocycles. The minimum absolute atomic E-state index is 0.243. The van der Waals surface area contributed by atoms with Gasteiger partial charge in [0.15, 0.2) is 5.78 Å². The molecule has 0 saturated heterocycles. The molecule has 1 heterocycles. The maximum absolute atomic E-state index is 12.1. The van der Waals surface area contributed by atoms with Crippen LogP contribution in [0.15, 0.2) is 36.5 Å². The van der Waals surface area contributed by atoms with Gasteiger partial charge in [-0.25, -0.2) is 0 Å². The Hall–Kier alpha value is -1.70. The average Bonchev–Trinajstić information content (AvgIpc) is 2.33. The molecule has 1 saturated carbocycles. The van der Waals surface area contributed by atoms with Gasteiger partial charge in [-0.2, -0.15) is 0 Å². The lowest BCUT2D eigenvalue weighted by Crippen LogP contribution is -2.16. The highest BCUT2D eigenvalue weighted by molar-refractivity contribution is 5.98. The van der Waals surface area contributed by atoms with Gasteiger partial charge in [-0.15, -0.1) is 0 Å². The first-order valence-electron chi connectivity index (χ1n) is 6.21. The van der Waals surface area contributed by atoms with Crippen LogP contribution in [0.3, 0.4) is 0 Å². The smallest absolute Gasteiger partial charge is 0.164 e. The van der Waals surface area contributed by atoms with Crippen molar-refractivity contribution < 1.29 is 4.79 Å². The summed E-state index contributed by atoms with van der Waals surface area (Å²) >= 11 is 0. The van der Waals surface area contributed by atoms with Crippen molar-refractivity contribution in [3.63, 3.8) is 0 Å². The molecule has 3 rings (SSSR count). The summed E-state index contributed by atoms with van der Waals surface area (Å²) < 4.78 is 0. The quantitative estimate of drug-likeness (QED) is 0.747. The molecule has 1 aromatic carbocycles. The van der Waals surface area contributed by atoms with Gasteiger partial charge in [-0.3, -0.25) is 9.78 Å². The monoisotopic (exact) mass is 225 g/mol. The first kappa shape index (κ1) is 10.5. The van der Waals surface area contributed by atoms with Crippen LogP contribution >= 0.6 is 0 Å². The van der Waals surface area contributed by atoms with E-state index in [4.69, 9.17) is 0 Å². The number of rotatable bonds is 3. The van der Waals surface area contributed by atoms with Gasteiger partial charge in [0, 0.05) is 23.6 Å². The van der Waals surface area contributed by atoms with Gasteiger partial charge in [0.2, 0.25) is 0 Å². The van der Waals surface area contributed by atoms with Crippen molar-refractivity contribution >= 4 is 16.7 Å². The molecule has 1 aliphatic rings. The molecule has 1 fully saturated rings. The highest BCUT2D eigenvalue weighted by atomic mass is 16.1. The molecule has 0 amide bonds. The highest BCUT2D eigenvalue weighted by Crippen LogP contribution is 2.30. The lowest BCUT2D eigenvalue weighted by atomic mass is 9.81. The predicted octanol–water partition coefficient (Wildman–Crippen LogP) is 3.61. The van der Waals surface area contributed by atoms with Crippen LogP contribution in [0, 0.1) is 5.92 Å². The van der Waals surface area contributed by atoms with Gasteiger partial charge in [-0.1, -0.05) is 37.5 Å². The fraction of sp³-hybridized carbons (Fsp3) is 0.333. The molecule has 0 unspecified atom stereocenters. The van der Waals surface area contributed by atoms with Crippen molar-refractivity contribution in [2.75, 3.05) is 0 Å². The van der Waals surface area contributed by atoms with Crippen molar-refractivity contribution in [1.29, 1.82) is 0 Å². The summed E-state index contributed by atoms with van der Waals surface area (Å²) in [6.45, 7) is 0. The van der Waals surface area contributed by atoms with Crippen LogP contribution in [0.5, 0.6) is 0 Å². The van der Waals surface area contributed by atoms with E-state index in [0.29, 0.717) is 12.3 Å². The summed E-state index contributed by atoms with van der Waals surface area (Å²) in [7, 11) is 0. The topological polar surface area (TPSA) is 30.0 Å². The molecule has 86 valence electrons. The molecular weight excluding hydrogens is 210 g/mol. The van der Waals surface area contributed by atoms with Crippen molar-refractivity contribution in [2.24, 2.45) is 5.92 Å². The second-order valence-corrected chi connectivity index (χ2v) is 4.84. The number of hydrogen-bond acceptors (Lipinski definition) is 2. The summed E-state index contributed by atoms with van der Waals surface area (Å²) in [5, 5.41) is 1.05. The van der Waals surface area contributed by atoms with Gasteiger partial charge < -0.3 is 0 Å². The Balaban J connectivity index is 1.86. The summed E-state index contributed by atoms with van der Waals surface area (Å²) in [4.78, 5) is 16.4. The van der Waals surface area contributed by atoms with E-state index in [1.165, 1.54) is 19.3 Å². The molecule has 0 spiro atoms. The van der Waals surface area contributed by atoms with E-state index in [2.05, 4.69) is 4.98 Å². The number of para-hydroxylation sites is 1. The Kier molecular flexibility index (Phi) is 2.63. The number of carbonyl (C=O) groups is 1. The molecular formula is C15H15NO. The van der Waals surface area contributed by atoms with E-state index >= 15 is 0 Å². The minimum Gasteiger partial charge on any atom is -0.294 e. The number of benzene rings is 1. The number of ketones is 1. The molecule has 1 aromatic heterocycles. The maximum Gasteiger partial charge on any atom is 0.164 e. The van der Waals surface area contributed by atoms with E-state index in [0.717, 1.165) is 16.5 Å². The summed E-state index contributed by atoms with van der Waals surface area (Å²) in [5.74, 6) is 0.863. The largest absolute Gasteiger partial charge is 0.294 e. The van der Waals surface area contributed by atoms with E-state index in [9.17, 15) is 4.79 Å². The zero-order valence-corrected chi connectivity index (χ0v) is 9.73. The van der Waals surface area contributed by atoms with Gasteiger partial charge in [0.25, 0.3) is 0 Å². The minimum atomic E-state index is 0.243. The predicted molar refractivity (Wildman–Crippen MR) is 68.0 cm³/mol. The number of aromatic nitrogens is 1. The number of fused-ring (bicyclic) bond motifs is 1. The van der Waals surface area contributed by atoms with Crippen LogP contribution in [-0.2, 0) is 0 Å². The highest BCUT2D eigenvalue weighted by Gasteiger charge is 2.21. The summed E-state index contributed by atoms with van der Waals surface area (Å²) in [5.41, 5.74) is 1.71. The second-order valence-electron chi connectivity index (χ2n) is 4.84. The number of nitrogens with zero attached hydrogens (tertiary/aromatic N) is 1. The molecule has 1 aliphatic carbocycles. The summed E-state index contributed by atoms with van der Waals surface area (Å²) in [6.07, 6.45) is 6.12. The summed E-state index contributed by atoms with van der Waals surface area (Å²) in [6, 6.07) is 9.87. The van der Waals surface area contributed by atoms with E-state index in [1.54, 1.807) is 6.20 Å². The fourth-order valence-electron chi connectivity index (χ4n) is 2.30. The van der Waals surface area contributed by atoms with Crippen LogP contribution in [0.2, 0.25) is 0 Å². The Morgan fingerprint density at radius 1 is 1.29 bits per heavy atom. The third-order valence-corrected chi connectivity index (χ3v) is 3.61. The molecule has 0 bridgehead atoms. The standard InChI is InChI=1S/C15H15NO/c17-15(8-11-4-3-5-11)13-9-12-6-1-2-7-14(12)16-10-13/h1-2,6-7,9-11H,3-5,8H2. The Morgan fingerprint density at radius 2 is 2.12 bits per heavy atom. The molecule has 2 nitrogen and oxygen atoms in total. The van der Waals surface area contributed by atoms with Crippen LogP contribution in [0.1, 0.15) is 36.0 Å². The van der Waals surface area contributed by atoms with Crippen molar-refractivity contribution in [1.82, 2.24) is 4.98 Å². The number of carbonyl (C=O) groups excluding carboxylic acids is 1. The average molecular weight is 225 g/mol. The zero-order valence-electron chi connectivity index (χ0n) is 9.73. The Labute approximate surface area is 101 Å². The molecule has 2 heteroatoms. The van der Waals surface area contributed by atoms with E-state index in [1.807, 2.05) is 30.3 Å². The molecule has 0 atom stereocenters. The number of pyridine rings is 1. The third kappa shape index (κ3) is 2.07. The van der Waals surface area contributed by atoms with Gasteiger partial charge >= 0.3 is 0 Å². The lowest BCUT2D eigenvalue weighted by Gasteiger charge is -2.24. The first-order chi connectivity index (χ1) is 8.33. The van der Waals surface area contributed by atoms with E-state index < -0.39 is 0 Å². The molecule has 0 N–H and O–H groups in total. The maximum atomic E-state index is 12.1. The lowest BCUT2D eigenvalue weighted by molar-refractivity contribution is 0.0936. The first-order valence-corrected chi connectivity index (χ1v) is 6.21. The zero-order chi connectivity index (χ0) is 11.7. The molecule has 17 heavy (non-hydrogen) atoms. The second kappa shape index (κ2) is 4.28. The van der Waals surface area contributed by atoms with Crippen LogP contribution in [0.25, 0.3) is 10.9 Å². The fourth-order valence-corrected chi connectivity index (χ4v) is 2.30. The molecule has 2 aromatic rings. The van der Waals surface area contributed by atoms with Gasteiger partial charge in [0.1, 0.15) is 0 Å². The van der Waals surface area contributed by atoms with Gasteiger partial charge in [0.05, 0.1) is 5.52 Å². The Bertz CT molecular complexity index is 558. The van der Waals surface area contributed by atoms with Crippen LogP contribution in [0.4, 0.5) is 0 Å². The number of hydrogen-bond donors (Lipinski definition) is 0. The number of Topliss-reactive ketones (excluding diaryl/α,β-unsaturated/α-hetero) is 1. The van der Waals surface area contributed by atoms with Crippen molar-refractivity contribution in [2.45, 2.75) is 25.7 Å². The SMILES string of the molecule is O=C(CC1CCC1)c1cnc2ccccc2c1. The Morgan fingerprint density at radius 3 is 2.88 bits per heavy atom. The van der Waals surface area contributed by atoms with Crippen LogP contribution in [-0.4, -0.2) is 10.8 Å². The van der Waals surface area contributed by atoms with Crippen molar-refractivity contribution in [3.05, 3.63) is 42.1 Å². The third-order valence-electron chi connectivity index (χ3n) is 3.61. The van der Waals surface area contributed by atoms with Crippen molar-refractivity contribution in [3.8, 4) is 0 Å². The normalized spacial score (nSPS) is 15.8. The van der Waals surface area contributed by atoms with E-state index in [-0.39, 0.29) is 5.78 Å². The van der Waals surface area contributed by atoms with Gasteiger partial charge in [-0.05, 0) is 18.1 Å². The van der Waals surface area contributed by atoms with Crippen LogP contribution < -0.4 is 0 Å².